The van der Waals surface area contributed by atoms with Gasteiger partial charge in [0.1, 0.15) is 0 Å². The van der Waals surface area contributed by atoms with Crippen molar-refractivity contribution in [3.8, 4) is 0 Å². The molecule has 0 atom stereocenters. The van der Waals surface area contributed by atoms with Crippen molar-refractivity contribution in [1.29, 1.82) is 0 Å². The van der Waals surface area contributed by atoms with Crippen LogP contribution in [0.2, 0.25) is 14.8 Å². The van der Waals surface area contributed by atoms with E-state index in [4.69, 9.17) is 4.98 Å². The molecule has 2 rings (SSSR count). The van der Waals surface area contributed by atoms with Crippen LogP contribution in [0.4, 0.5) is 5.13 Å². The van der Waals surface area contributed by atoms with Crippen LogP contribution in [0.5, 0.6) is 0 Å². The second-order valence-electron chi connectivity index (χ2n) is 5.31. The summed E-state index contributed by atoms with van der Waals surface area (Å²) >= 11 is -0.0640. The van der Waals surface area contributed by atoms with E-state index in [-0.39, 0.29) is 0 Å². The number of aromatic nitrogens is 1. The first-order chi connectivity index (χ1) is 7.07. The summed E-state index contributed by atoms with van der Waals surface area (Å²) < 4.78 is 1.44. The van der Waals surface area contributed by atoms with Crippen molar-refractivity contribution < 1.29 is 0 Å². The van der Waals surface area contributed by atoms with E-state index in [0.29, 0.717) is 0 Å². The minimum absolute atomic E-state index is 1.21. The number of thiazole rings is 1. The molecule has 0 spiro atoms. The van der Waals surface area contributed by atoms with Gasteiger partial charge in [-0.3, -0.25) is 0 Å². The summed E-state index contributed by atoms with van der Waals surface area (Å²) in [5.41, 5.74) is 0. The zero-order valence-corrected chi connectivity index (χ0v) is 13.6. The fraction of sp³-hybridized carbons (Fsp3) is 0.727. The summed E-state index contributed by atoms with van der Waals surface area (Å²) in [7, 11) is 0. The molecule has 2 nitrogen and oxygen atoms in total. The van der Waals surface area contributed by atoms with Crippen LogP contribution in [0, 0.1) is 0 Å². The van der Waals surface area contributed by atoms with Gasteiger partial charge in [-0.2, -0.15) is 0 Å². The van der Waals surface area contributed by atoms with Crippen LogP contribution in [-0.2, 0) is 0 Å². The molecule has 0 amide bonds. The van der Waals surface area contributed by atoms with Crippen molar-refractivity contribution in [3.63, 3.8) is 0 Å². The zero-order chi connectivity index (χ0) is 10.9. The number of nitrogens with zero attached hydrogens (tertiary/aromatic N) is 2. The van der Waals surface area contributed by atoms with E-state index in [1.54, 1.807) is 0 Å². The third-order valence-corrected chi connectivity index (χ3v) is 9.50. The second-order valence-corrected chi connectivity index (χ2v) is 20.5. The number of hydrogen-bond donors (Lipinski definition) is 0. The molecule has 1 saturated heterocycles. The van der Waals surface area contributed by atoms with Crippen LogP contribution in [-0.4, -0.2) is 36.5 Å². The first kappa shape index (κ1) is 11.7. The third kappa shape index (κ3) is 2.87. The maximum atomic E-state index is 4.84. The number of anilines is 1. The summed E-state index contributed by atoms with van der Waals surface area (Å²) in [6.45, 7) is 2.43. The second kappa shape index (κ2) is 4.61. The zero-order valence-electron chi connectivity index (χ0n) is 9.92. The molecular weight excluding hydrogens is 311 g/mol. The minimum atomic E-state index is -1.91. The van der Waals surface area contributed by atoms with Crippen molar-refractivity contribution in [2.45, 2.75) is 34.1 Å². The number of hydrogen-bond acceptors (Lipinski definition) is 3. The van der Waals surface area contributed by atoms with Gasteiger partial charge in [0, 0.05) is 0 Å². The van der Waals surface area contributed by atoms with E-state index in [1.165, 1.54) is 41.2 Å². The van der Waals surface area contributed by atoms with Crippen LogP contribution in [0.25, 0.3) is 0 Å². The first-order valence-corrected chi connectivity index (χ1v) is 16.7. The van der Waals surface area contributed by atoms with Gasteiger partial charge < -0.3 is 0 Å². The van der Waals surface area contributed by atoms with Gasteiger partial charge in [-0.1, -0.05) is 0 Å². The van der Waals surface area contributed by atoms with Gasteiger partial charge in [0.15, 0.2) is 0 Å². The average Bonchev–Trinajstić information content (AvgIpc) is 2.67. The maximum absolute atomic E-state index is 4.84. The Morgan fingerprint density at radius 3 is 2.40 bits per heavy atom. The van der Waals surface area contributed by atoms with E-state index in [9.17, 15) is 0 Å². The van der Waals surface area contributed by atoms with Gasteiger partial charge in [-0.25, -0.2) is 0 Å². The molecule has 2 heterocycles. The van der Waals surface area contributed by atoms with Gasteiger partial charge in [0.25, 0.3) is 0 Å². The Hall–Kier alpha value is 0.229. The topological polar surface area (TPSA) is 16.1 Å². The van der Waals surface area contributed by atoms with E-state index in [2.05, 4.69) is 25.1 Å². The molecule has 4 heteroatoms. The van der Waals surface area contributed by atoms with Crippen molar-refractivity contribution in [2.75, 3.05) is 18.0 Å². The quantitative estimate of drug-likeness (QED) is 0.775. The van der Waals surface area contributed by atoms with Gasteiger partial charge in [-0.15, -0.1) is 0 Å². The summed E-state index contributed by atoms with van der Waals surface area (Å²) in [6.07, 6.45) is 4.08. The van der Waals surface area contributed by atoms with E-state index < -0.39 is 18.4 Å². The van der Waals surface area contributed by atoms with Crippen molar-refractivity contribution >= 4 is 38.6 Å². The first-order valence-electron chi connectivity index (χ1n) is 5.78. The Morgan fingerprint density at radius 1 is 1.20 bits per heavy atom. The summed E-state index contributed by atoms with van der Waals surface area (Å²) in [5.74, 6) is 0. The van der Waals surface area contributed by atoms with Crippen LogP contribution >= 0.6 is 11.3 Å². The molecule has 1 aromatic rings. The summed E-state index contributed by atoms with van der Waals surface area (Å²) in [6, 6.07) is 0. The van der Waals surface area contributed by atoms with Crippen molar-refractivity contribution in [3.05, 3.63) is 5.38 Å². The van der Waals surface area contributed by atoms with E-state index >= 15 is 0 Å². The fourth-order valence-electron chi connectivity index (χ4n) is 1.84. The Kier molecular flexibility index (Phi) is 3.60. The fourth-order valence-corrected chi connectivity index (χ4v) is 7.97. The van der Waals surface area contributed by atoms with E-state index in [1.807, 2.05) is 11.3 Å². The van der Waals surface area contributed by atoms with E-state index in [0.717, 1.165) is 0 Å². The molecule has 0 bridgehead atoms. The van der Waals surface area contributed by atoms with Crippen LogP contribution in [0.3, 0.4) is 0 Å². The molecule has 0 aliphatic carbocycles. The molecule has 84 valence electrons. The molecule has 0 radical (unpaired) electrons. The molecule has 1 fully saturated rings. The monoisotopic (exact) mass is 332 g/mol. The Balaban J connectivity index is 2.12. The average molecular weight is 331 g/mol. The molecule has 0 aromatic carbocycles. The van der Waals surface area contributed by atoms with Gasteiger partial charge in [-0.05, 0) is 0 Å². The Bertz CT molecular complexity index is 324. The summed E-state index contributed by atoms with van der Waals surface area (Å²) in [5, 5.41) is 3.58. The SMILES string of the molecule is [CH3][Sn]([CH3])([CH3])[c]1csc(N2CCCCC2)n1. The standard InChI is InChI=1S/C8H11N2S.3CH3.Sn/c1-2-5-10(6-3-1)8-9-4-7-11-8;;;;/h7H,1-3,5-6H2;3*1H3;. The molecule has 0 unspecified atom stereocenters. The Morgan fingerprint density at radius 2 is 1.87 bits per heavy atom. The molecular formula is C11H20N2SSn. The van der Waals surface area contributed by atoms with Crippen LogP contribution in [0.1, 0.15) is 19.3 Å². The van der Waals surface area contributed by atoms with Gasteiger partial charge in [0.2, 0.25) is 0 Å². The molecule has 1 aromatic heterocycles. The van der Waals surface area contributed by atoms with Crippen molar-refractivity contribution in [1.82, 2.24) is 4.98 Å². The van der Waals surface area contributed by atoms with Gasteiger partial charge in [0.05, 0.1) is 0 Å². The Labute approximate surface area is 101 Å². The van der Waals surface area contributed by atoms with Crippen LogP contribution in [0.15, 0.2) is 5.38 Å². The normalized spacial score (nSPS) is 18.2. The molecule has 1 aliphatic rings. The predicted molar refractivity (Wildman–Crippen MR) is 71.2 cm³/mol. The molecule has 15 heavy (non-hydrogen) atoms. The molecule has 1 aliphatic heterocycles. The molecule has 0 saturated carbocycles. The molecule has 0 N–H and O–H groups in total. The van der Waals surface area contributed by atoms with Crippen LogP contribution < -0.4 is 8.61 Å². The number of rotatable bonds is 2. The third-order valence-electron chi connectivity index (χ3n) is 2.89. The summed E-state index contributed by atoms with van der Waals surface area (Å²) in [4.78, 5) is 14.6. The number of piperidine rings is 1. The van der Waals surface area contributed by atoms with Crippen molar-refractivity contribution in [2.24, 2.45) is 0 Å². The predicted octanol–water partition coefficient (Wildman–Crippen LogP) is 2.68. The van der Waals surface area contributed by atoms with Gasteiger partial charge >= 0.3 is 101 Å².